The van der Waals surface area contributed by atoms with Gasteiger partial charge in [0.15, 0.2) is 0 Å². The Morgan fingerprint density at radius 2 is 0.537 bits per heavy atom. The molecule has 0 unspecified atom stereocenters. The lowest BCUT2D eigenvalue weighted by molar-refractivity contribution is 0.0395. The zero-order chi connectivity index (χ0) is 55.5. The van der Waals surface area contributed by atoms with Gasteiger partial charge >= 0.3 is 0 Å². The average Bonchev–Trinajstić information content (AvgIpc) is 4.51. The number of rotatable bonds is 46. The number of hydrogen-bond donors (Lipinski definition) is 0. The van der Waals surface area contributed by atoms with Gasteiger partial charge in [-0.2, -0.15) is 0 Å². The molecule has 0 radical (unpaired) electrons. The maximum atomic E-state index is 7.40. The van der Waals surface area contributed by atoms with Crippen LogP contribution < -0.4 is 9.47 Å². The topological polar surface area (TPSA) is 18.5 Å². The molecule has 0 atom stereocenters. The summed E-state index contributed by atoms with van der Waals surface area (Å²) in [6.07, 6.45) is 59.3. The van der Waals surface area contributed by atoms with Crippen molar-refractivity contribution in [3.8, 4) is 50.5 Å². The molecule has 0 spiro atoms. The zero-order valence-electron chi connectivity index (χ0n) is 51.0. The van der Waals surface area contributed by atoms with Crippen molar-refractivity contribution in [2.24, 2.45) is 0 Å². The van der Waals surface area contributed by atoms with Crippen LogP contribution in [-0.2, 0) is 11.2 Å². The Hall–Kier alpha value is -1.94. The molecule has 8 heterocycles. The molecule has 0 bridgehead atoms. The van der Waals surface area contributed by atoms with Gasteiger partial charge < -0.3 is 9.47 Å². The fourth-order valence-electron chi connectivity index (χ4n) is 13.3. The highest BCUT2D eigenvalue weighted by atomic mass is 32.1. The molecule has 0 aromatic carbocycles. The number of unbranched alkanes of at least 4 members (excludes halogenated alkanes) is 36. The maximum Gasteiger partial charge on any atom is 0.140 e. The predicted molar refractivity (Wildman–Crippen MR) is 363 cm³/mol. The molecule has 8 heteroatoms. The van der Waals surface area contributed by atoms with Gasteiger partial charge in [-0.25, -0.2) is 0 Å². The summed E-state index contributed by atoms with van der Waals surface area (Å²) >= 11 is 11.9. The van der Waals surface area contributed by atoms with Gasteiger partial charge in [-0.3, -0.25) is 0 Å². The average molecular weight is 1200 g/mol. The van der Waals surface area contributed by atoms with Crippen molar-refractivity contribution in [1.29, 1.82) is 0 Å². The summed E-state index contributed by atoms with van der Waals surface area (Å²) < 4.78 is 17.7. The second-order valence-corrected chi connectivity index (χ2v) is 30.9. The first kappa shape index (κ1) is 64.1. The lowest BCUT2D eigenvalue weighted by Crippen LogP contribution is -2.35. The molecule has 2 nitrogen and oxygen atoms in total. The molecule has 8 rings (SSSR count). The quantitative estimate of drug-likeness (QED) is 0.0355. The van der Waals surface area contributed by atoms with Gasteiger partial charge in [0, 0.05) is 40.0 Å². The van der Waals surface area contributed by atoms with Crippen LogP contribution in [0.2, 0.25) is 0 Å². The van der Waals surface area contributed by atoms with Crippen LogP contribution in [0, 0.1) is 0 Å². The van der Waals surface area contributed by atoms with Crippen molar-refractivity contribution >= 4 is 77.4 Å². The van der Waals surface area contributed by atoms with Gasteiger partial charge in [0.25, 0.3) is 0 Å². The van der Waals surface area contributed by atoms with E-state index in [-0.39, 0.29) is 11.2 Å². The predicted octanol–water partition coefficient (Wildman–Crippen LogP) is 28.3. The van der Waals surface area contributed by atoms with Crippen molar-refractivity contribution in [1.82, 2.24) is 0 Å². The highest BCUT2D eigenvalue weighted by Gasteiger charge is 2.44. The Labute approximate surface area is 513 Å². The molecular weight excluding hydrogens is 1090 g/mol. The molecule has 0 N–H and O–H groups in total. The Bertz CT molecular complexity index is 2340. The number of ether oxygens (including phenoxy) is 2. The third-order valence-electron chi connectivity index (χ3n) is 18.2. The van der Waals surface area contributed by atoms with Gasteiger partial charge in [0.2, 0.25) is 0 Å². The van der Waals surface area contributed by atoms with Crippen molar-refractivity contribution in [3.63, 3.8) is 0 Å². The molecule has 0 aliphatic carbocycles. The minimum absolute atomic E-state index is 0.235. The molecule has 0 amide bonds. The summed E-state index contributed by atoms with van der Waals surface area (Å²) in [6, 6.07) is 14.9. The van der Waals surface area contributed by atoms with Crippen molar-refractivity contribution in [2.75, 3.05) is 0 Å². The fourth-order valence-corrected chi connectivity index (χ4v) is 20.3. The normalized spacial score (nSPS) is 14.1. The van der Waals surface area contributed by atoms with E-state index < -0.39 is 0 Å². The smallest absolute Gasteiger partial charge is 0.140 e. The van der Waals surface area contributed by atoms with Crippen LogP contribution in [0.5, 0.6) is 11.5 Å². The van der Waals surface area contributed by atoms with E-state index in [2.05, 4.69) is 97.5 Å². The highest BCUT2D eigenvalue weighted by molar-refractivity contribution is 7.34. The second-order valence-electron chi connectivity index (χ2n) is 24.8. The first-order valence-electron chi connectivity index (χ1n) is 33.9. The lowest BCUT2D eigenvalue weighted by atomic mass is 9.81. The molecule has 2 aliphatic rings. The molecule has 0 saturated heterocycles. The van der Waals surface area contributed by atoms with Crippen molar-refractivity contribution < 1.29 is 9.47 Å². The van der Waals surface area contributed by atoms with E-state index in [9.17, 15) is 0 Å². The van der Waals surface area contributed by atoms with Gasteiger partial charge in [-0.1, -0.05) is 259 Å². The standard InChI is InChI=1S/C72H108O2S6/c1-5-9-13-17-21-25-29-33-37-41-47-71(48-42-38-34-30-26-22-18-14-10-6-2)57-53-61(79-67(57)69-59(73-71)45-51-75-69)63-55-65-66(77-63)56-64(78-65)62-54-58-68(80-62)70-60(46-52-76-70)74-72(58,49-43-39-35-31-27-23-19-15-11-7-3)50-44-40-36-32-28-24-20-16-12-8-4/h45-46,51-56H,5-44,47-50H2,1-4H3. The van der Waals surface area contributed by atoms with E-state index in [4.69, 9.17) is 9.47 Å². The number of hydrogen-bond acceptors (Lipinski definition) is 8. The molecule has 6 aromatic heterocycles. The molecule has 6 aromatic rings. The van der Waals surface area contributed by atoms with Gasteiger partial charge in [-0.05, 0) is 98.5 Å². The van der Waals surface area contributed by atoms with E-state index in [1.54, 1.807) is 0 Å². The van der Waals surface area contributed by atoms with Crippen molar-refractivity contribution in [2.45, 2.75) is 321 Å². The van der Waals surface area contributed by atoms with Crippen LogP contribution in [0.25, 0.3) is 48.4 Å². The number of fused-ring (bicyclic) bond motifs is 7. The summed E-state index contributed by atoms with van der Waals surface area (Å²) in [4.78, 5) is 11.4. The van der Waals surface area contributed by atoms with Gasteiger partial charge in [0.1, 0.15) is 22.7 Å². The minimum Gasteiger partial charge on any atom is -0.481 e. The minimum atomic E-state index is -0.235. The largest absolute Gasteiger partial charge is 0.481 e. The van der Waals surface area contributed by atoms with Crippen molar-refractivity contribution in [3.05, 3.63) is 58.3 Å². The van der Waals surface area contributed by atoms with Crippen LogP contribution in [0.3, 0.4) is 0 Å². The van der Waals surface area contributed by atoms with Crippen LogP contribution in [0.4, 0.5) is 0 Å². The van der Waals surface area contributed by atoms with E-state index in [1.165, 1.54) is 316 Å². The van der Waals surface area contributed by atoms with E-state index in [0.29, 0.717) is 0 Å². The third-order valence-corrected chi connectivity index (χ3v) is 25.2. The molecule has 2 aliphatic heterocycles. The van der Waals surface area contributed by atoms with Gasteiger partial charge in [0.05, 0.1) is 19.5 Å². The molecule has 0 fully saturated rings. The van der Waals surface area contributed by atoms with E-state index in [0.717, 1.165) is 37.2 Å². The molecular formula is C72H108O2S6. The Balaban J connectivity index is 0.979. The van der Waals surface area contributed by atoms with E-state index >= 15 is 0 Å². The summed E-state index contributed by atoms with van der Waals surface area (Å²) in [7, 11) is 0. The molecule has 444 valence electrons. The van der Waals surface area contributed by atoms with Gasteiger partial charge in [-0.15, -0.1) is 68.0 Å². The summed E-state index contributed by atoms with van der Waals surface area (Å²) in [5.74, 6) is 2.28. The summed E-state index contributed by atoms with van der Waals surface area (Å²) in [5.41, 5.74) is 2.52. The Morgan fingerprint density at radius 1 is 0.287 bits per heavy atom. The number of thiophene rings is 6. The first-order chi connectivity index (χ1) is 39.5. The zero-order valence-corrected chi connectivity index (χ0v) is 55.9. The maximum absolute atomic E-state index is 7.40. The highest BCUT2D eigenvalue weighted by Crippen LogP contribution is 2.59. The van der Waals surface area contributed by atoms with E-state index in [1.807, 2.05) is 45.3 Å². The molecule has 0 saturated carbocycles. The first-order valence-corrected chi connectivity index (χ1v) is 38.9. The third kappa shape index (κ3) is 18.5. The SMILES string of the molecule is CCCCCCCCCCCCC1(CCCCCCCCCCCC)Oc2ccsc2-c2sc(-c3cc4sc(-c5cc6c(s5)-c5sccc5OC6(CCCCCCCCCCCC)CCCCCCCCCCCC)cc4s3)cc21. The second kappa shape index (κ2) is 35.5. The fraction of sp³-hybridized carbons (Fsp3) is 0.694. The summed E-state index contributed by atoms with van der Waals surface area (Å²) in [6.45, 7) is 9.29. The summed E-state index contributed by atoms with van der Waals surface area (Å²) in [5, 5.41) is 4.56. The Morgan fingerprint density at radius 3 is 0.812 bits per heavy atom. The van der Waals surface area contributed by atoms with Crippen LogP contribution in [0.15, 0.2) is 47.2 Å². The van der Waals surface area contributed by atoms with Crippen LogP contribution in [0.1, 0.15) is 321 Å². The van der Waals surface area contributed by atoms with Crippen LogP contribution >= 0.6 is 68.0 Å². The lowest BCUT2D eigenvalue weighted by Gasteiger charge is -2.38. The molecule has 80 heavy (non-hydrogen) atoms. The monoisotopic (exact) mass is 1200 g/mol. The Kier molecular flexibility index (Phi) is 28.4. The van der Waals surface area contributed by atoms with Crippen LogP contribution in [-0.4, -0.2) is 0 Å².